The molecule has 1 aromatic rings. The molecule has 9 heteroatoms. The summed E-state index contributed by atoms with van der Waals surface area (Å²) in [5.74, 6) is 0. The van der Waals surface area contributed by atoms with E-state index in [1.165, 1.54) is 11.0 Å². The number of urea groups is 2. The molecule has 6 nitrogen and oxygen atoms in total. The number of nitrogens with zero attached hydrogens (tertiary/aromatic N) is 2. The highest BCUT2D eigenvalue weighted by molar-refractivity contribution is 8.13. The minimum absolute atomic E-state index is 0.186. The zero-order chi connectivity index (χ0) is 16.0. The second kappa shape index (κ2) is 8.11. The van der Waals surface area contributed by atoms with Gasteiger partial charge in [0, 0.05) is 19.8 Å². The number of benzene rings is 1. The second-order valence-electron chi connectivity index (χ2n) is 4.01. The van der Waals surface area contributed by atoms with E-state index in [0.29, 0.717) is 15.7 Å². The average molecular weight is 349 g/mol. The molecule has 0 radical (unpaired) electrons. The number of nitrogens with one attached hydrogen (secondary N) is 2. The van der Waals surface area contributed by atoms with Gasteiger partial charge in [0.25, 0.3) is 0 Å². The van der Waals surface area contributed by atoms with Gasteiger partial charge in [-0.1, -0.05) is 35.0 Å². The molecule has 0 saturated carbocycles. The third-order valence-corrected chi connectivity index (χ3v) is 3.49. The zero-order valence-electron chi connectivity index (χ0n) is 11.6. The van der Waals surface area contributed by atoms with E-state index in [2.05, 4.69) is 15.6 Å². The number of aliphatic imine (C=N–C) groups is 1. The fourth-order valence-corrected chi connectivity index (χ4v) is 1.81. The van der Waals surface area contributed by atoms with Gasteiger partial charge in [0.1, 0.15) is 0 Å². The van der Waals surface area contributed by atoms with Crippen molar-refractivity contribution < 1.29 is 9.59 Å². The van der Waals surface area contributed by atoms with Crippen LogP contribution in [0.25, 0.3) is 0 Å². The molecular weight excluding hydrogens is 335 g/mol. The smallest absolute Gasteiger partial charge is 0.329 e. The number of carbonyl (C=O) groups is 2. The van der Waals surface area contributed by atoms with Gasteiger partial charge in [0.05, 0.1) is 10.0 Å². The molecule has 1 rings (SSSR count). The minimum Gasteiger partial charge on any atom is -0.329 e. The summed E-state index contributed by atoms with van der Waals surface area (Å²) >= 11 is 12.8. The van der Waals surface area contributed by atoms with E-state index in [4.69, 9.17) is 23.2 Å². The predicted molar refractivity (Wildman–Crippen MR) is 88.6 cm³/mol. The van der Waals surface area contributed by atoms with E-state index in [-0.39, 0.29) is 5.17 Å². The summed E-state index contributed by atoms with van der Waals surface area (Å²) < 4.78 is 0. The van der Waals surface area contributed by atoms with Gasteiger partial charge in [-0.2, -0.15) is 4.99 Å². The van der Waals surface area contributed by atoms with E-state index < -0.39 is 12.1 Å². The van der Waals surface area contributed by atoms with E-state index in [1.807, 2.05) is 0 Å². The molecular formula is C12H14Cl2N4O2S. The molecule has 0 bridgehead atoms. The van der Waals surface area contributed by atoms with Crippen molar-refractivity contribution in [2.75, 3.05) is 25.7 Å². The van der Waals surface area contributed by atoms with Crippen LogP contribution in [0.2, 0.25) is 10.0 Å². The molecule has 0 atom stereocenters. The standard InChI is InChI=1S/C12H14Cl2N4O2S/c1-18(2)12(20)17-11(21-3)16-10(19)15-7-4-5-8(13)9(14)6-7/h4-6H,1-3H3,(H2,15,16,17,19,20). The Bertz CT molecular complexity index is 578. The lowest BCUT2D eigenvalue weighted by Crippen LogP contribution is -2.34. The van der Waals surface area contributed by atoms with Gasteiger partial charge in [-0.3, -0.25) is 5.32 Å². The first-order valence-electron chi connectivity index (χ1n) is 5.70. The van der Waals surface area contributed by atoms with Crippen LogP contribution < -0.4 is 10.6 Å². The normalized spacial score (nSPS) is 11.0. The highest BCUT2D eigenvalue weighted by Gasteiger charge is 2.09. The molecule has 21 heavy (non-hydrogen) atoms. The first kappa shape index (κ1) is 17.6. The summed E-state index contributed by atoms with van der Waals surface area (Å²) in [4.78, 5) is 28.3. The largest absolute Gasteiger partial charge is 0.345 e. The summed E-state index contributed by atoms with van der Waals surface area (Å²) in [5, 5.41) is 5.95. The Hall–Kier alpha value is -1.44. The average Bonchev–Trinajstić information content (AvgIpc) is 2.41. The van der Waals surface area contributed by atoms with Crippen LogP contribution >= 0.6 is 35.0 Å². The summed E-state index contributed by atoms with van der Waals surface area (Å²) in [6.07, 6.45) is 1.70. The Morgan fingerprint density at radius 1 is 1.24 bits per heavy atom. The van der Waals surface area contributed by atoms with Crippen molar-refractivity contribution >= 4 is 57.9 Å². The molecule has 0 aromatic heterocycles. The number of amidine groups is 1. The SMILES string of the molecule is CSC(=NC(=O)N(C)C)NC(=O)Nc1ccc(Cl)c(Cl)c1. The van der Waals surface area contributed by atoms with Gasteiger partial charge in [-0.25, -0.2) is 9.59 Å². The Morgan fingerprint density at radius 2 is 1.90 bits per heavy atom. The van der Waals surface area contributed by atoms with Crippen molar-refractivity contribution in [2.45, 2.75) is 0 Å². The van der Waals surface area contributed by atoms with Crippen molar-refractivity contribution in [1.82, 2.24) is 10.2 Å². The number of carbonyl (C=O) groups excluding carboxylic acids is 2. The molecule has 0 fully saturated rings. The minimum atomic E-state index is -0.534. The van der Waals surface area contributed by atoms with Crippen molar-refractivity contribution in [1.29, 1.82) is 0 Å². The second-order valence-corrected chi connectivity index (χ2v) is 5.62. The van der Waals surface area contributed by atoms with Crippen LogP contribution in [0.15, 0.2) is 23.2 Å². The topological polar surface area (TPSA) is 73.8 Å². The fraction of sp³-hybridized carbons (Fsp3) is 0.250. The Labute approximate surface area is 136 Å². The van der Waals surface area contributed by atoms with Crippen LogP contribution in [-0.4, -0.2) is 42.5 Å². The van der Waals surface area contributed by atoms with Crippen molar-refractivity contribution in [3.8, 4) is 0 Å². The Balaban J connectivity index is 2.71. The molecule has 1 aromatic carbocycles. The molecule has 4 amide bonds. The number of hydrogen-bond acceptors (Lipinski definition) is 3. The van der Waals surface area contributed by atoms with E-state index >= 15 is 0 Å². The lowest BCUT2D eigenvalue weighted by molar-refractivity contribution is 0.227. The number of rotatable bonds is 1. The summed E-state index contributed by atoms with van der Waals surface area (Å²) in [5.41, 5.74) is 0.473. The van der Waals surface area contributed by atoms with Crippen molar-refractivity contribution in [2.24, 2.45) is 4.99 Å². The van der Waals surface area contributed by atoms with E-state index in [0.717, 1.165) is 11.8 Å². The third-order valence-electron chi connectivity index (χ3n) is 2.17. The van der Waals surface area contributed by atoms with E-state index in [9.17, 15) is 9.59 Å². The first-order chi connectivity index (χ1) is 9.83. The lowest BCUT2D eigenvalue weighted by Gasteiger charge is -2.10. The highest BCUT2D eigenvalue weighted by Crippen LogP contribution is 2.24. The summed E-state index contributed by atoms with van der Waals surface area (Å²) in [7, 11) is 3.14. The maximum absolute atomic E-state index is 11.8. The van der Waals surface area contributed by atoms with Gasteiger partial charge in [-0.15, -0.1) is 0 Å². The summed E-state index contributed by atoms with van der Waals surface area (Å²) in [6, 6.07) is 3.69. The molecule has 0 heterocycles. The van der Waals surface area contributed by atoms with Crippen LogP contribution in [0.5, 0.6) is 0 Å². The Morgan fingerprint density at radius 3 is 2.43 bits per heavy atom. The predicted octanol–water partition coefficient (Wildman–Crippen LogP) is 3.52. The van der Waals surface area contributed by atoms with Gasteiger partial charge >= 0.3 is 12.1 Å². The van der Waals surface area contributed by atoms with Crippen LogP contribution in [0.1, 0.15) is 0 Å². The molecule has 114 valence electrons. The molecule has 0 spiro atoms. The molecule has 0 aliphatic rings. The number of halogens is 2. The van der Waals surface area contributed by atoms with Gasteiger partial charge in [0.15, 0.2) is 5.17 Å². The van der Waals surface area contributed by atoms with E-state index in [1.54, 1.807) is 32.5 Å². The van der Waals surface area contributed by atoms with Crippen molar-refractivity contribution in [3.63, 3.8) is 0 Å². The molecule has 0 unspecified atom stereocenters. The monoisotopic (exact) mass is 348 g/mol. The van der Waals surface area contributed by atoms with Crippen LogP contribution in [0.4, 0.5) is 15.3 Å². The van der Waals surface area contributed by atoms with Crippen LogP contribution in [-0.2, 0) is 0 Å². The fourth-order valence-electron chi connectivity index (χ4n) is 1.14. The number of thioether (sulfide) groups is 1. The van der Waals surface area contributed by atoms with Gasteiger partial charge in [-0.05, 0) is 24.5 Å². The highest BCUT2D eigenvalue weighted by atomic mass is 35.5. The maximum atomic E-state index is 11.8. The number of hydrogen-bond donors (Lipinski definition) is 2. The zero-order valence-corrected chi connectivity index (χ0v) is 13.9. The molecule has 0 saturated heterocycles. The maximum Gasteiger partial charge on any atom is 0.345 e. The lowest BCUT2D eigenvalue weighted by atomic mass is 10.3. The summed E-state index contributed by atoms with van der Waals surface area (Å²) in [6.45, 7) is 0. The molecule has 2 N–H and O–H groups in total. The van der Waals surface area contributed by atoms with Gasteiger partial charge < -0.3 is 10.2 Å². The van der Waals surface area contributed by atoms with Gasteiger partial charge in [0.2, 0.25) is 0 Å². The number of anilines is 1. The molecule has 0 aliphatic carbocycles. The number of amides is 4. The van der Waals surface area contributed by atoms with Crippen LogP contribution in [0, 0.1) is 0 Å². The Kier molecular flexibility index (Phi) is 6.80. The first-order valence-corrected chi connectivity index (χ1v) is 7.68. The molecule has 0 aliphatic heterocycles. The van der Waals surface area contributed by atoms with Crippen molar-refractivity contribution in [3.05, 3.63) is 28.2 Å². The third kappa shape index (κ3) is 5.82. The quantitative estimate of drug-likeness (QED) is 0.602. The van der Waals surface area contributed by atoms with Crippen LogP contribution in [0.3, 0.4) is 0 Å².